The standard InChI is InChI=1S/C24H25F4N7/c1-33-23(5-9-31-33)35-22-14-29-8-4-19(22)21(15-32-35)34-10-6-18(7-11-34)30-13-16-2-3-17(25)12-20(16)24(26,27)28/h2-5,8-9,12,14-15,18,30,32H,6-7,10-11,13H2,1H3. The number of benzene rings is 1. The third kappa shape index (κ3) is 4.68. The molecule has 7 nitrogen and oxygen atoms in total. The molecule has 35 heavy (non-hydrogen) atoms. The molecule has 2 aromatic heterocycles. The first kappa shape index (κ1) is 23.2. The van der Waals surface area contributed by atoms with Crippen molar-refractivity contribution in [1.29, 1.82) is 0 Å². The van der Waals surface area contributed by atoms with E-state index in [9.17, 15) is 17.6 Å². The average Bonchev–Trinajstić information content (AvgIpc) is 3.28. The number of nitrogens with zero attached hydrogens (tertiary/aromatic N) is 5. The van der Waals surface area contributed by atoms with Crippen LogP contribution in [0.25, 0.3) is 5.70 Å². The molecular weight excluding hydrogens is 462 g/mol. The van der Waals surface area contributed by atoms with Crippen LogP contribution in [-0.2, 0) is 19.8 Å². The zero-order valence-corrected chi connectivity index (χ0v) is 19.1. The molecule has 184 valence electrons. The summed E-state index contributed by atoms with van der Waals surface area (Å²) in [6, 6.07) is 6.78. The molecule has 3 aromatic rings. The van der Waals surface area contributed by atoms with E-state index in [0.717, 1.165) is 54.8 Å². The molecule has 0 spiro atoms. The van der Waals surface area contributed by atoms with E-state index in [1.807, 2.05) is 30.4 Å². The van der Waals surface area contributed by atoms with Crippen molar-refractivity contribution in [3.05, 3.63) is 77.6 Å². The molecule has 5 rings (SSSR count). The summed E-state index contributed by atoms with van der Waals surface area (Å²) >= 11 is 0. The van der Waals surface area contributed by atoms with Crippen molar-refractivity contribution < 1.29 is 17.6 Å². The zero-order chi connectivity index (χ0) is 24.6. The van der Waals surface area contributed by atoms with E-state index in [2.05, 4.69) is 25.7 Å². The van der Waals surface area contributed by atoms with Crippen LogP contribution in [0.15, 0.2) is 55.1 Å². The Balaban J connectivity index is 1.25. The van der Waals surface area contributed by atoms with Gasteiger partial charge in [-0.1, -0.05) is 6.07 Å². The van der Waals surface area contributed by atoms with Gasteiger partial charge in [-0.15, -0.1) is 0 Å². The molecule has 1 aromatic carbocycles. The number of hydrazine groups is 1. The monoisotopic (exact) mass is 487 g/mol. The van der Waals surface area contributed by atoms with Crippen LogP contribution in [0.1, 0.15) is 29.5 Å². The molecule has 11 heteroatoms. The van der Waals surface area contributed by atoms with Gasteiger partial charge in [0.1, 0.15) is 11.6 Å². The van der Waals surface area contributed by atoms with Gasteiger partial charge in [-0.25, -0.2) is 9.40 Å². The van der Waals surface area contributed by atoms with Crippen molar-refractivity contribution >= 4 is 17.2 Å². The minimum atomic E-state index is -4.59. The largest absolute Gasteiger partial charge is 0.416 e. The Morgan fingerprint density at radius 2 is 1.91 bits per heavy atom. The van der Waals surface area contributed by atoms with Gasteiger partial charge in [0.05, 0.1) is 29.3 Å². The fraction of sp³-hybridized carbons (Fsp3) is 0.333. The number of halogens is 4. The molecule has 0 saturated carbocycles. The molecular formula is C24H25F4N7. The summed E-state index contributed by atoms with van der Waals surface area (Å²) < 4.78 is 55.0. The van der Waals surface area contributed by atoms with Crippen LogP contribution < -0.4 is 15.8 Å². The van der Waals surface area contributed by atoms with Crippen LogP contribution in [0.3, 0.4) is 0 Å². The van der Waals surface area contributed by atoms with E-state index in [-0.39, 0.29) is 18.2 Å². The molecule has 0 aliphatic carbocycles. The number of aryl methyl sites for hydroxylation is 1. The third-order valence-corrected chi connectivity index (χ3v) is 6.47. The molecule has 1 saturated heterocycles. The maximum atomic E-state index is 13.4. The molecule has 4 heterocycles. The predicted octanol–water partition coefficient (Wildman–Crippen LogP) is 4.18. The van der Waals surface area contributed by atoms with Gasteiger partial charge in [0.15, 0.2) is 0 Å². The number of hydrogen-bond acceptors (Lipinski definition) is 6. The van der Waals surface area contributed by atoms with Gasteiger partial charge in [0.2, 0.25) is 0 Å². The van der Waals surface area contributed by atoms with Crippen LogP contribution in [-0.4, -0.2) is 38.8 Å². The third-order valence-electron chi connectivity index (χ3n) is 6.47. The summed E-state index contributed by atoms with van der Waals surface area (Å²) in [6.07, 6.45) is 4.20. The van der Waals surface area contributed by atoms with Gasteiger partial charge in [-0.3, -0.25) is 15.1 Å². The Bertz CT molecular complexity index is 1230. The predicted molar refractivity (Wildman–Crippen MR) is 124 cm³/mol. The highest BCUT2D eigenvalue weighted by molar-refractivity contribution is 5.80. The van der Waals surface area contributed by atoms with E-state index < -0.39 is 17.6 Å². The summed E-state index contributed by atoms with van der Waals surface area (Å²) in [5.74, 6) is -0.0160. The van der Waals surface area contributed by atoms with E-state index in [4.69, 9.17) is 0 Å². The van der Waals surface area contributed by atoms with E-state index in [1.165, 1.54) is 6.07 Å². The van der Waals surface area contributed by atoms with Crippen LogP contribution >= 0.6 is 0 Å². The van der Waals surface area contributed by atoms with Crippen molar-refractivity contribution in [3.63, 3.8) is 0 Å². The first-order valence-electron chi connectivity index (χ1n) is 11.3. The highest BCUT2D eigenvalue weighted by atomic mass is 19.4. The summed E-state index contributed by atoms with van der Waals surface area (Å²) in [7, 11) is 1.87. The summed E-state index contributed by atoms with van der Waals surface area (Å²) in [6.45, 7) is 1.53. The molecule has 0 bridgehead atoms. The Kier molecular flexibility index (Phi) is 6.10. The minimum absolute atomic E-state index is 0.0399. The smallest absolute Gasteiger partial charge is 0.370 e. The fourth-order valence-corrected chi connectivity index (χ4v) is 4.64. The summed E-state index contributed by atoms with van der Waals surface area (Å²) in [4.78, 5) is 6.56. The number of nitrogens with one attached hydrogen (secondary N) is 2. The zero-order valence-electron chi connectivity index (χ0n) is 19.1. The lowest BCUT2D eigenvalue weighted by Gasteiger charge is -2.39. The van der Waals surface area contributed by atoms with E-state index in [0.29, 0.717) is 6.07 Å². The first-order valence-corrected chi connectivity index (χ1v) is 11.3. The molecule has 0 unspecified atom stereocenters. The molecule has 0 radical (unpaired) electrons. The van der Waals surface area contributed by atoms with Crippen molar-refractivity contribution in [2.24, 2.45) is 7.05 Å². The molecule has 0 atom stereocenters. The van der Waals surface area contributed by atoms with Crippen molar-refractivity contribution in [2.75, 3.05) is 18.1 Å². The molecule has 2 aliphatic heterocycles. The Morgan fingerprint density at radius 1 is 1.11 bits per heavy atom. The molecule has 2 N–H and O–H groups in total. The normalized spacial score (nSPS) is 16.7. The van der Waals surface area contributed by atoms with E-state index in [1.54, 1.807) is 23.3 Å². The van der Waals surface area contributed by atoms with Crippen LogP contribution in [0.2, 0.25) is 0 Å². The summed E-state index contributed by atoms with van der Waals surface area (Å²) in [5, 5.41) is 9.40. The fourth-order valence-electron chi connectivity index (χ4n) is 4.64. The second kappa shape index (κ2) is 9.21. The lowest BCUT2D eigenvalue weighted by molar-refractivity contribution is -0.138. The molecule has 1 fully saturated rings. The Morgan fingerprint density at radius 3 is 2.63 bits per heavy atom. The SMILES string of the molecule is Cn1nccc1N1NC=C(N2CCC(NCc3ccc(F)cc3C(F)(F)F)CC2)c2ccncc21. The van der Waals surface area contributed by atoms with Gasteiger partial charge in [0, 0.05) is 56.8 Å². The highest BCUT2D eigenvalue weighted by Crippen LogP contribution is 2.36. The number of alkyl halides is 3. The second-order valence-electron chi connectivity index (χ2n) is 8.64. The number of likely N-dealkylation sites (tertiary alicyclic amines) is 1. The highest BCUT2D eigenvalue weighted by Gasteiger charge is 2.34. The quantitative estimate of drug-likeness (QED) is 0.527. The van der Waals surface area contributed by atoms with Gasteiger partial charge < -0.3 is 10.2 Å². The minimum Gasteiger partial charge on any atom is -0.370 e. The van der Waals surface area contributed by atoms with Gasteiger partial charge in [-0.2, -0.15) is 18.3 Å². The van der Waals surface area contributed by atoms with Crippen molar-refractivity contribution in [3.8, 4) is 0 Å². The number of fused-ring (bicyclic) bond motifs is 1. The average molecular weight is 488 g/mol. The molecule has 0 amide bonds. The van der Waals surface area contributed by atoms with E-state index >= 15 is 0 Å². The lowest BCUT2D eigenvalue weighted by Crippen LogP contribution is -2.43. The maximum Gasteiger partial charge on any atom is 0.416 e. The van der Waals surface area contributed by atoms with Gasteiger partial charge >= 0.3 is 6.18 Å². The second-order valence-corrected chi connectivity index (χ2v) is 8.64. The van der Waals surface area contributed by atoms with Gasteiger partial charge in [0.25, 0.3) is 0 Å². The van der Waals surface area contributed by atoms with Crippen LogP contribution in [0.5, 0.6) is 0 Å². The maximum absolute atomic E-state index is 13.4. The number of piperidine rings is 1. The van der Waals surface area contributed by atoms with Crippen molar-refractivity contribution in [2.45, 2.75) is 31.6 Å². The lowest BCUT2D eigenvalue weighted by atomic mass is 10.0. The Hall–Kier alpha value is -3.60. The number of hydrogen-bond donors (Lipinski definition) is 2. The number of aromatic nitrogens is 3. The van der Waals surface area contributed by atoms with Crippen LogP contribution in [0.4, 0.5) is 29.1 Å². The topological polar surface area (TPSA) is 61.3 Å². The first-order chi connectivity index (χ1) is 16.8. The summed E-state index contributed by atoms with van der Waals surface area (Å²) in [5.41, 5.74) is 5.43. The van der Waals surface area contributed by atoms with Crippen molar-refractivity contribution in [1.82, 2.24) is 30.4 Å². The number of pyridine rings is 1. The Labute approximate surface area is 200 Å². The number of rotatable bonds is 5. The van der Waals surface area contributed by atoms with Gasteiger partial charge in [-0.05, 0) is 36.6 Å². The molecule has 2 aliphatic rings. The van der Waals surface area contributed by atoms with Crippen LogP contribution in [0, 0.1) is 5.82 Å². The number of anilines is 2.